The Morgan fingerprint density at radius 3 is 2.36 bits per heavy atom. The zero-order valence-corrected chi connectivity index (χ0v) is 14.7. The normalized spacial score (nSPS) is 13.1. The lowest BCUT2D eigenvalue weighted by atomic mass is 9.62. The summed E-state index contributed by atoms with van der Waals surface area (Å²) in [6.07, 6.45) is 0.448. The van der Waals surface area contributed by atoms with Crippen LogP contribution in [0, 0.1) is 5.41 Å². The van der Waals surface area contributed by atoms with E-state index < -0.39 is 20.7 Å². The van der Waals surface area contributed by atoms with E-state index in [1.165, 1.54) is 6.07 Å². The van der Waals surface area contributed by atoms with Crippen LogP contribution in [0.4, 0.5) is 0 Å². The van der Waals surface area contributed by atoms with E-state index in [1.54, 1.807) is 12.1 Å². The van der Waals surface area contributed by atoms with Crippen molar-refractivity contribution in [2.45, 2.75) is 39.5 Å². The Hall–Kier alpha value is -1.11. The summed E-state index contributed by atoms with van der Waals surface area (Å²) in [6, 6.07) is 6.75. The van der Waals surface area contributed by atoms with Gasteiger partial charge in [-0.25, -0.2) is 4.79 Å². The van der Waals surface area contributed by atoms with Crippen molar-refractivity contribution in [1.29, 1.82) is 0 Å². The summed E-state index contributed by atoms with van der Waals surface area (Å²) in [5, 5.41) is 9.11. The van der Waals surface area contributed by atoms with Gasteiger partial charge in [0.15, 0.2) is 0 Å². The van der Waals surface area contributed by atoms with E-state index in [2.05, 4.69) is 4.18 Å². The number of aromatic carboxylic acids is 1. The van der Waals surface area contributed by atoms with Crippen LogP contribution in [-0.2, 0) is 18.9 Å². The van der Waals surface area contributed by atoms with Gasteiger partial charge in [-0.2, -0.15) is 8.42 Å². The Labute approximate surface area is 135 Å². The summed E-state index contributed by atoms with van der Waals surface area (Å²) in [6.45, 7) is 7.91. The van der Waals surface area contributed by atoms with Crippen molar-refractivity contribution >= 4 is 26.0 Å². The molecule has 5 nitrogen and oxygen atoms in total. The van der Waals surface area contributed by atoms with Crippen LogP contribution in [0.3, 0.4) is 0 Å². The first-order chi connectivity index (χ1) is 9.87. The van der Waals surface area contributed by atoms with Crippen LogP contribution in [0.15, 0.2) is 24.3 Å². The molecule has 0 atom stereocenters. The summed E-state index contributed by atoms with van der Waals surface area (Å²) in [5.74, 6) is -0.980. The average Bonchev–Trinajstić information content (AvgIpc) is 2.36. The number of rotatable bonds is 7. The third-order valence-electron chi connectivity index (χ3n) is 4.47. The molecule has 0 saturated carbocycles. The standard InChI is InChI=1S/C15H21ClO5S/c1-14(2,8-9-21-22(16,19)20)15(3,4)12-7-5-6-11(10-12)13(17)18/h5-7,10H,8-9H2,1-4H3,(H,17,18). The van der Waals surface area contributed by atoms with Crippen molar-refractivity contribution in [2.24, 2.45) is 5.41 Å². The van der Waals surface area contributed by atoms with E-state index in [-0.39, 0.29) is 17.6 Å². The van der Waals surface area contributed by atoms with E-state index in [0.717, 1.165) is 5.56 Å². The molecule has 124 valence electrons. The molecule has 0 aromatic heterocycles. The molecular formula is C15H21ClO5S. The fourth-order valence-electron chi connectivity index (χ4n) is 2.14. The lowest BCUT2D eigenvalue weighted by molar-refractivity contribution is 0.0696. The molecule has 0 aliphatic rings. The molecule has 22 heavy (non-hydrogen) atoms. The van der Waals surface area contributed by atoms with Crippen molar-refractivity contribution in [3.8, 4) is 0 Å². The van der Waals surface area contributed by atoms with E-state index in [1.807, 2.05) is 33.8 Å². The third kappa shape index (κ3) is 4.69. The zero-order chi connectivity index (χ0) is 17.2. The maximum Gasteiger partial charge on any atom is 0.355 e. The number of carbonyl (C=O) groups is 1. The average molecular weight is 349 g/mol. The van der Waals surface area contributed by atoms with Crippen molar-refractivity contribution in [1.82, 2.24) is 0 Å². The van der Waals surface area contributed by atoms with Crippen molar-refractivity contribution in [3.05, 3.63) is 35.4 Å². The summed E-state index contributed by atoms with van der Waals surface area (Å²) in [5.41, 5.74) is 0.357. The van der Waals surface area contributed by atoms with Crippen LogP contribution < -0.4 is 0 Å². The Morgan fingerprint density at radius 1 is 1.27 bits per heavy atom. The highest BCUT2D eigenvalue weighted by Gasteiger charge is 2.38. The molecule has 0 amide bonds. The molecule has 7 heteroatoms. The van der Waals surface area contributed by atoms with Crippen LogP contribution in [0.25, 0.3) is 0 Å². The number of benzene rings is 1. The second kappa shape index (κ2) is 6.56. The molecule has 1 rings (SSSR count). The first kappa shape index (κ1) is 18.9. The molecule has 0 bridgehead atoms. The van der Waals surface area contributed by atoms with Crippen molar-refractivity contribution in [2.75, 3.05) is 6.61 Å². The molecule has 0 unspecified atom stereocenters. The lowest BCUT2D eigenvalue weighted by Crippen LogP contribution is -2.37. The van der Waals surface area contributed by atoms with Crippen molar-refractivity contribution < 1.29 is 22.5 Å². The fourth-order valence-corrected chi connectivity index (χ4v) is 2.61. The molecule has 0 aliphatic heterocycles. The molecular weight excluding hydrogens is 328 g/mol. The van der Waals surface area contributed by atoms with Gasteiger partial charge in [0, 0.05) is 10.7 Å². The van der Waals surface area contributed by atoms with E-state index in [4.69, 9.17) is 15.8 Å². The zero-order valence-electron chi connectivity index (χ0n) is 13.1. The van der Waals surface area contributed by atoms with Gasteiger partial charge < -0.3 is 5.11 Å². The van der Waals surface area contributed by atoms with E-state index in [9.17, 15) is 13.2 Å². The van der Waals surface area contributed by atoms with Crippen LogP contribution in [0.2, 0.25) is 0 Å². The van der Waals surface area contributed by atoms with E-state index >= 15 is 0 Å². The smallest absolute Gasteiger partial charge is 0.355 e. The van der Waals surface area contributed by atoms with Gasteiger partial charge in [-0.15, -0.1) is 0 Å². The Morgan fingerprint density at radius 2 is 1.86 bits per heavy atom. The number of hydrogen-bond donors (Lipinski definition) is 1. The quantitative estimate of drug-likeness (QED) is 0.762. The SMILES string of the molecule is CC(C)(CCOS(=O)(=O)Cl)C(C)(C)c1cccc(C(=O)O)c1. The van der Waals surface area contributed by atoms with Gasteiger partial charge in [0.1, 0.15) is 0 Å². The molecule has 0 aliphatic carbocycles. The number of halogens is 1. The van der Waals surface area contributed by atoms with Gasteiger partial charge in [0.2, 0.25) is 0 Å². The van der Waals surface area contributed by atoms with Crippen LogP contribution in [0.1, 0.15) is 50.0 Å². The number of carboxylic acids is 1. The molecule has 0 fully saturated rings. The highest BCUT2D eigenvalue weighted by molar-refractivity contribution is 8.09. The summed E-state index contributed by atoms with van der Waals surface area (Å²) < 4.78 is 26.3. The lowest BCUT2D eigenvalue weighted by Gasteiger charge is -2.42. The summed E-state index contributed by atoms with van der Waals surface area (Å²) in [7, 11) is 1.05. The van der Waals surface area contributed by atoms with Crippen LogP contribution in [-0.4, -0.2) is 26.1 Å². The minimum absolute atomic E-state index is 0.0269. The minimum Gasteiger partial charge on any atom is -0.478 e. The second-order valence-electron chi connectivity index (χ2n) is 6.36. The van der Waals surface area contributed by atoms with Gasteiger partial charge in [0.05, 0.1) is 12.2 Å². The molecule has 1 aromatic carbocycles. The van der Waals surface area contributed by atoms with Gasteiger partial charge in [-0.1, -0.05) is 39.8 Å². The van der Waals surface area contributed by atoms with Gasteiger partial charge in [-0.3, -0.25) is 4.18 Å². The molecule has 1 aromatic rings. The Balaban J connectivity index is 3.00. The molecule has 0 heterocycles. The van der Waals surface area contributed by atoms with Crippen molar-refractivity contribution in [3.63, 3.8) is 0 Å². The van der Waals surface area contributed by atoms with Gasteiger partial charge in [-0.05, 0) is 34.9 Å². The highest BCUT2D eigenvalue weighted by atomic mass is 35.7. The van der Waals surface area contributed by atoms with Crippen LogP contribution >= 0.6 is 10.7 Å². The maximum atomic E-state index is 11.1. The predicted octanol–water partition coefficient (Wildman–Crippen LogP) is 3.58. The molecule has 0 radical (unpaired) electrons. The molecule has 0 saturated heterocycles. The number of hydrogen-bond acceptors (Lipinski definition) is 4. The Bertz CT molecular complexity index is 650. The first-order valence-electron chi connectivity index (χ1n) is 6.80. The van der Waals surface area contributed by atoms with Gasteiger partial charge in [0.25, 0.3) is 0 Å². The minimum atomic E-state index is -3.98. The first-order valence-corrected chi connectivity index (χ1v) is 9.03. The Kier molecular flexibility index (Phi) is 5.65. The second-order valence-corrected chi connectivity index (χ2v) is 8.52. The fraction of sp³-hybridized carbons (Fsp3) is 0.533. The van der Waals surface area contributed by atoms with Crippen LogP contribution in [0.5, 0.6) is 0 Å². The maximum absolute atomic E-state index is 11.1. The largest absolute Gasteiger partial charge is 0.478 e. The topological polar surface area (TPSA) is 80.7 Å². The molecule has 1 N–H and O–H groups in total. The third-order valence-corrected chi connectivity index (χ3v) is 5.19. The summed E-state index contributed by atoms with van der Waals surface area (Å²) >= 11 is 0. The summed E-state index contributed by atoms with van der Waals surface area (Å²) in [4.78, 5) is 11.1. The monoisotopic (exact) mass is 348 g/mol. The van der Waals surface area contributed by atoms with Gasteiger partial charge >= 0.3 is 15.3 Å². The van der Waals surface area contributed by atoms with E-state index in [0.29, 0.717) is 6.42 Å². The molecule has 0 spiro atoms. The number of carboxylic acid groups (broad SMARTS) is 1. The predicted molar refractivity (Wildman–Crippen MR) is 85.6 cm³/mol. The highest BCUT2D eigenvalue weighted by Crippen LogP contribution is 2.44.